The molecule has 0 aromatic heterocycles. The van der Waals surface area contributed by atoms with Gasteiger partial charge in [-0.1, -0.05) is 6.07 Å². The van der Waals surface area contributed by atoms with Crippen LogP contribution in [0, 0.1) is 17.6 Å². The van der Waals surface area contributed by atoms with Crippen LogP contribution in [0.4, 0.5) is 8.78 Å². The van der Waals surface area contributed by atoms with Gasteiger partial charge in [0, 0.05) is 19.2 Å². The molecule has 1 saturated heterocycles. The van der Waals surface area contributed by atoms with Gasteiger partial charge in [0.25, 0.3) is 0 Å². The predicted octanol–water partition coefficient (Wildman–Crippen LogP) is 2.36. The molecule has 0 radical (unpaired) electrons. The summed E-state index contributed by atoms with van der Waals surface area (Å²) < 4.78 is 26.5. The van der Waals surface area contributed by atoms with Gasteiger partial charge in [-0.2, -0.15) is 0 Å². The molecule has 2 rings (SSSR count). The summed E-state index contributed by atoms with van der Waals surface area (Å²) in [6.07, 6.45) is 3.47. The lowest BCUT2D eigenvalue weighted by Gasteiger charge is -2.33. The predicted molar refractivity (Wildman–Crippen MR) is 77.9 cm³/mol. The summed E-state index contributed by atoms with van der Waals surface area (Å²) in [5.74, 6) is -0.508. The highest BCUT2D eigenvalue weighted by atomic mass is 19.1. The Morgan fingerprint density at radius 2 is 2.24 bits per heavy atom. The molecule has 0 unspecified atom stereocenters. The van der Waals surface area contributed by atoms with Gasteiger partial charge in [0.1, 0.15) is 11.6 Å². The van der Waals surface area contributed by atoms with Crippen LogP contribution in [0.5, 0.6) is 0 Å². The third-order valence-corrected chi connectivity index (χ3v) is 4.04. The lowest BCUT2D eigenvalue weighted by molar-refractivity contribution is -0.132. The number of nitrogens with one attached hydrogen (secondary N) is 1. The Morgan fingerprint density at radius 1 is 1.43 bits per heavy atom. The fourth-order valence-corrected chi connectivity index (χ4v) is 2.87. The number of halogens is 2. The van der Waals surface area contributed by atoms with Crippen LogP contribution in [-0.2, 0) is 11.2 Å². The summed E-state index contributed by atoms with van der Waals surface area (Å²) in [5, 5.41) is 2.87. The van der Waals surface area contributed by atoms with E-state index in [2.05, 4.69) is 5.32 Å². The van der Waals surface area contributed by atoms with E-state index in [1.54, 1.807) is 7.05 Å². The summed E-state index contributed by atoms with van der Waals surface area (Å²) in [6, 6.07) is 3.73. The monoisotopic (exact) mass is 296 g/mol. The minimum Gasteiger partial charge on any atom is -0.341 e. The number of carbonyl (C=O) groups is 1. The fraction of sp³-hybridized carbons (Fsp3) is 0.562. The largest absolute Gasteiger partial charge is 0.341 e. The number of likely N-dealkylation sites (tertiary alicyclic amines) is 1. The molecule has 0 saturated carbocycles. The van der Waals surface area contributed by atoms with Crippen molar-refractivity contribution >= 4 is 5.91 Å². The molecule has 1 aliphatic heterocycles. The van der Waals surface area contributed by atoms with Gasteiger partial charge in [-0.25, -0.2) is 8.78 Å². The number of nitrogens with zero attached hydrogens (tertiary/aromatic N) is 1. The first-order valence-electron chi connectivity index (χ1n) is 7.46. The molecule has 1 aromatic carbocycles. The number of carbonyl (C=O) groups excluding carboxylic acids is 1. The summed E-state index contributed by atoms with van der Waals surface area (Å²) >= 11 is 0. The molecule has 1 aliphatic rings. The van der Waals surface area contributed by atoms with Gasteiger partial charge in [-0.3, -0.25) is 4.79 Å². The van der Waals surface area contributed by atoms with Crippen LogP contribution in [0.1, 0.15) is 24.8 Å². The van der Waals surface area contributed by atoms with Gasteiger partial charge in [0.05, 0.1) is 6.54 Å². The lowest BCUT2D eigenvalue weighted by Crippen LogP contribution is -2.43. The van der Waals surface area contributed by atoms with Crippen molar-refractivity contribution in [3.05, 3.63) is 35.4 Å². The van der Waals surface area contributed by atoms with E-state index in [0.29, 0.717) is 24.4 Å². The van der Waals surface area contributed by atoms with E-state index >= 15 is 0 Å². The van der Waals surface area contributed by atoms with E-state index in [-0.39, 0.29) is 5.91 Å². The van der Waals surface area contributed by atoms with Crippen LogP contribution < -0.4 is 5.32 Å². The maximum Gasteiger partial charge on any atom is 0.236 e. The van der Waals surface area contributed by atoms with E-state index in [4.69, 9.17) is 0 Å². The fourth-order valence-electron chi connectivity index (χ4n) is 2.87. The molecule has 0 aliphatic carbocycles. The Kier molecular flexibility index (Phi) is 5.67. The van der Waals surface area contributed by atoms with E-state index in [1.807, 2.05) is 4.90 Å². The minimum atomic E-state index is -0.544. The highest BCUT2D eigenvalue weighted by molar-refractivity contribution is 5.78. The molecule has 1 amide bonds. The first-order chi connectivity index (χ1) is 10.1. The second-order valence-corrected chi connectivity index (χ2v) is 5.65. The number of hydrogen-bond acceptors (Lipinski definition) is 2. The van der Waals surface area contributed by atoms with Crippen LogP contribution in [0.15, 0.2) is 18.2 Å². The highest BCUT2D eigenvalue weighted by Crippen LogP contribution is 2.22. The van der Waals surface area contributed by atoms with Crippen molar-refractivity contribution in [2.75, 3.05) is 26.7 Å². The quantitative estimate of drug-likeness (QED) is 0.904. The molecule has 3 nitrogen and oxygen atoms in total. The number of piperidine rings is 1. The van der Waals surface area contributed by atoms with Crippen molar-refractivity contribution in [1.29, 1.82) is 0 Å². The van der Waals surface area contributed by atoms with Crippen molar-refractivity contribution in [2.24, 2.45) is 5.92 Å². The summed E-state index contributed by atoms with van der Waals surface area (Å²) in [7, 11) is 1.76. The molecule has 1 aromatic rings. The summed E-state index contributed by atoms with van der Waals surface area (Å²) in [6.45, 7) is 1.91. The highest BCUT2D eigenvalue weighted by Gasteiger charge is 2.23. The molecular weight excluding hydrogens is 274 g/mol. The normalized spacial score (nSPS) is 18.8. The van der Waals surface area contributed by atoms with E-state index < -0.39 is 11.6 Å². The zero-order chi connectivity index (χ0) is 15.2. The molecule has 1 atom stereocenters. The molecule has 21 heavy (non-hydrogen) atoms. The van der Waals surface area contributed by atoms with Crippen molar-refractivity contribution in [3.63, 3.8) is 0 Å². The van der Waals surface area contributed by atoms with Gasteiger partial charge < -0.3 is 10.2 Å². The maximum absolute atomic E-state index is 13.6. The molecule has 0 spiro atoms. The third kappa shape index (κ3) is 4.49. The van der Waals surface area contributed by atoms with Crippen molar-refractivity contribution in [2.45, 2.75) is 25.7 Å². The van der Waals surface area contributed by atoms with Crippen LogP contribution in [0.3, 0.4) is 0 Å². The standard InChI is InChI=1S/C16H22F2N2O/c1-19-10-16(21)20-8-2-3-12(11-20)4-5-13-6-7-14(17)9-15(13)18/h6-7,9,12,19H,2-5,8,10-11H2,1H3/t12-/m0/s1. The molecule has 0 bridgehead atoms. The Labute approximate surface area is 124 Å². The Bertz CT molecular complexity index is 493. The number of hydrogen-bond donors (Lipinski definition) is 1. The van der Waals surface area contributed by atoms with Gasteiger partial charge in [-0.15, -0.1) is 0 Å². The zero-order valence-corrected chi connectivity index (χ0v) is 12.4. The van der Waals surface area contributed by atoms with E-state index in [1.165, 1.54) is 12.1 Å². The zero-order valence-electron chi connectivity index (χ0n) is 12.4. The topological polar surface area (TPSA) is 32.3 Å². The van der Waals surface area contributed by atoms with Crippen molar-refractivity contribution in [1.82, 2.24) is 10.2 Å². The molecule has 1 N–H and O–H groups in total. The average molecular weight is 296 g/mol. The Balaban J connectivity index is 1.86. The Hall–Kier alpha value is -1.49. The van der Waals surface area contributed by atoms with Gasteiger partial charge in [-0.05, 0) is 50.3 Å². The van der Waals surface area contributed by atoms with Crippen LogP contribution in [0.25, 0.3) is 0 Å². The number of aryl methyl sites for hydroxylation is 1. The van der Waals surface area contributed by atoms with Crippen LogP contribution in [0.2, 0.25) is 0 Å². The minimum absolute atomic E-state index is 0.121. The number of rotatable bonds is 5. The smallest absolute Gasteiger partial charge is 0.236 e. The number of likely N-dealkylation sites (N-methyl/N-ethyl adjacent to an activating group) is 1. The molecular formula is C16H22F2N2O. The van der Waals surface area contributed by atoms with Crippen molar-refractivity contribution in [3.8, 4) is 0 Å². The second kappa shape index (κ2) is 7.50. The van der Waals surface area contributed by atoms with Gasteiger partial charge in [0.2, 0.25) is 5.91 Å². The van der Waals surface area contributed by atoms with Crippen molar-refractivity contribution < 1.29 is 13.6 Å². The van der Waals surface area contributed by atoms with Crippen LogP contribution in [-0.4, -0.2) is 37.5 Å². The maximum atomic E-state index is 13.6. The Morgan fingerprint density at radius 3 is 2.95 bits per heavy atom. The molecule has 1 heterocycles. The SMILES string of the molecule is CNCC(=O)N1CCC[C@@H](CCc2ccc(F)cc2F)C1. The van der Waals surface area contributed by atoms with E-state index in [0.717, 1.165) is 38.4 Å². The lowest BCUT2D eigenvalue weighted by atomic mass is 9.91. The third-order valence-electron chi connectivity index (χ3n) is 4.04. The van der Waals surface area contributed by atoms with E-state index in [9.17, 15) is 13.6 Å². The van der Waals surface area contributed by atoms with Gasteiger partial charge in [0.15, 0.2) is 0 Å². The number of benzene rings is 1. The molecule has 116 valence electrons. The first-order valence-corrected chi connectivity index (χ1v) is 7.46. The summed E-state index contributed by atoms with van der Waals surface area (Å²) in [4.78, 5) is 13.8. The second-order valence-electron chi connectivity index (χ2n) is 5.65. The average Bonchev–Trinajstić information content (AvgIpc) is 2.47. The first kappa shape index (κ1) is 15.9. The summed E-state index contributed by atoms with van der Waals surface area (Å²) in [5.41, 5.74) is 0.551. The molecule has 1 fully saturated rings. The number of amides is 1. The van der Waals surface area contributed by atoms with Crippen LogP contribution >= 0.6 is 0 Å². The molecule has 5 heteroatoms. The van der Waals surface area contributed by atoms with Gasteiger partial charge >= 0.3 is 0 Å².